The average Bonchev–Trinajstić information content (AvgIpc) is 2.14. The van der Waals surface area contributed by atoms with Gasteiger partial charge in [0.2, 0.25) is 0 Å². The van der Waals surface area contributed by atoms with Gasteiger partial charge in [0, 0.05) is 5.92 Å². The molecule has 0 nitrogen and oxygen atoms in total. The van der Waals surface area contributed by atoms with Crippen molar-refractivity contribution in [1.29, 1.82) is 0 Å². The molecule has 1 aliphatic rings. The molecule has 42 valence electrons. The van der Waals surface area contributed by atoms with Gasteiger partial charge in [0.05, 0.1) is 0 Å². The van der Waals surface area contributed by atoms with E-state index in [1.807, 2.05) is 6.08 Å². The van der Waals surface area contributed by atoms with E-state index in [-0.39, 0.29) is 0 Å². The van der Waals surface area contributed by atoms with Crippen LogP contribution in [0.5, 0.6) is 0 Å². The van der Waals surface area contributed by atoms with Gasteiger partial charge < -0.3 is 0 Å². The SMILES string of the molecule is C=CC1CC=CC1=C. The van der Waals surface area contributed by atoms with Crippen LogP contribution in [0.1, 0.15) is 6.42 Å². The Morgan fingerprint density at radius 2 is 2.50 bits per heavy atom. The smallest absolute Gasteiger partial charge is 0.00439 e. The fraction of sp³-hybridized carbons (Fsp3) is 0.250. The van der Waals surface area contributed by atoms with E-state index in [9.17, 15) is 0 Å². The molecule has 0 aromatic rings. The quantitative estimate of drug-likeness (QED) is 0.450. The molecule has 1 rings (SSSR count). The minimum Gasteiger partial charge on any atom is -0.102 e. The first-order valence-corrected chi connectivity index (χ1v) is 2.82. The number of hydrogen-bond donors (Lipinski definition) is 0. The van der Waals surface area contributed by atoms with Crippen molar-refractivity contribution in [3.8, 4) is 0 Å². The van der Waals surface area contributed by atoms with Crippen LogP contribution < -0.4 is 0 Å². The standard InChI is InChI=1S/C8H10/c1-3-8-6-4-5-7(8)2/h3-5,8H,1-2,6H2. The molecule has 0 saturated heterocycles. The zero-order chi connectivity index (χ0) is 5.98. The molecule has 1 unspecified atom stereocenters. The normalized spacial score (nSPS) is 26.5. The number of rotatable bonds is 1. The summed E-state index contributed by atoms with van der Waals surface area (Å²) in [6.07, 6.45) is 7.24. The van der Waals surface area contributed by atoms with Gasteiger partial charge in [-0.1, -0.05) is 24.8 Å². The molecule has 0 saturated carbocycles. The average molecular weight is 106 g/mol. The van der Waals surface area contributed by atoms with E-state index in [2.05, 4.69) is 25.3 Å². The summed E-state index contributed by atoms with van der Waals surface area (Å²) < 4.78 is 0. The molecule has 1 aliphatic carbocycles. The lowest BCUT2D eigenvalue weighted by Gasteiger charge is -2.00. The Kier molecular flexibility index (Phi) is 1.34. The lowest BCUT2D eigenvalue weighted by molar-refractivity contribution is 0.838. The molecule has 8 heavy (non-hydrogen) atoms. The third-order valence-corrected chi connectivity index (χ3v) is 1.48. The van der Waals surface area contributed by atoms with Crippen molar-refractivity contribution in [1.82, 2.24) is 0 Å². The first kappa shape index (κ1) is 5.36. The molecule has 0 heteroatoms. The van der Waals surface area contributed by atoms with Crippen molar-refractivity contribution in [2.45, 2.75) is 6.42 Å². The second kappa shape index (κ2) is 1.99. The van der Waals surface area contributed by atoms with Gasteiger partial charge in [0.1, 0.15) is 0 Å². The van der Waals surface area contributed by atoms with Crippen molar-refractivity contribution in [3.63, 3.8) is 0 Å². The molecular formula is C8H10. The molecule has 1 atom stereocenters. The van der Waals surface area contributed by atoms with Crippen molar-refractivity contribution in [3.05, 3.63) is 37.0 Å². The van der Waals surface area contributed by atoms with Crippen LogP contribution in [0.2, 0.25) is 0 Å². The predicted octanol–water partition coefficient (Wildman–Crippen LogP) is 2.30. The van der Waals surface area contributed by atoms with Crippen molar-refractivity contribution in [2.75, 3.05) is 0 Å². The maximum Gasteiger partial charge on any atom is 0.00439 e. The summed E-state index contributed by atoms with van der Waals surface area (Å²) >= 11 is 0. The van der Waals surface area contributed by atoms with Gasteiger partial charge in [0.25, 0.3) is 0 Å². The Hall–Kier alpha value is -0.780. The summed E-state index contributed by atoms with van der Waals surface area (Å²) in [5.74, 6) is 0.523. The molecule has 0 radical (unpaired) electrons. The van der Waals surface area contributed by atoms with E-state index < -0.39 is 0 Å². The maximum atomic E-state index is 3.85. The van der Waals surface area contributed by atoms with Gasteiger partial charge >= 0.3 is 0 Å². The topological polar surface area (TPSA) is 0 Å². The van der Waals surface area contributed by atoms with E-state index >= 15 is 0 Å². The molecule has 0 bridgehead atoms. The van der Waals surface area contributed by atoms with Crippen LogP contribution in [0.4, 0.5) is 0 Å². The van der Waals surface area contributed by atoms with Gasteiger partial charge in [-0.25, -0.2) is 0 Å². The summed E-state index contributed by atoms with van der Waals surface area (Å²) in [6, 6.07) is 0. The van der Waals surface area contributed by atoms with E-state index in [0.29, 0.717) is 5.92 Å². The fourth-order valence-corrected chi connectivity index (χ4v) is 0.889. The molecule has 0 heterocycles. The highest BCUT2D eigenvalue weighted by atomic mass is 14.1. The molecule has 0 N–H and O–H groups in total. The van der Waals surface area contributed by atoms with Crippen LogP contribution in [0, 0.1) is 5.92 Å². The van der Waals surface area contributed by atoms with Gasteiger partial charge in [0.15, 0.2) is 0 Å². The van der Waals surface area contributed by atoms with Gasteiger partial charge in [-0.3, -0.25) is 0 Å². The minimum absolute atomic E-state index is 0.523. The van der Waals surface area contributed by atoms with Crippen molar-refractivity contribution in [2.24, 2.45) is 5.92 Å². The highest BCUT2D eigenvalue weighted by Gasteiger charge is 2.08. The first-order valence-electron chi connectivity index (χ1n) is 2.82. The Morgan fingerprint density at radius 1 is 1.75 bits per heavy atom. The summed E-state index contributed by atoms with van der Waals surface area (Å²) in [6.45, 7) is 7.54. The highest BCUT2D eigenvalue weighted by Crippen LogP contribution is 2.22. The molecular weight excluding hydrogens is 96.1 g/mol. The zero-order valence-electron chi connectivity index (χ0n) is 4.93. The van der Waals surface area contributed by atoms with Crippen molar-refractivity contribution < 1.29 is 0 Å². The second-order valence-electron chi connectivity index (χ2n) is 2.06. The Morgan fingerprint density at radius 3 is 2.75 bits per heavy atom. The second-order valence-corrected chi connectivity index (χ2v) is 2.06. The van der Waals surface area contributed by atoms with E-state index in [4.69, 9.17) is 0 Å². The zero-order valence-corrected chi connectivity index (χ0v) is 4.93. The summed E-state index contributed by atoms with van der Waals surface area (Å²) in [5.41, 5.74) is 1.19. The van der Waals surface area contributed by atoms with E-state index in [0.717, 1.165) is 6.42 Å². The Bertz CT molecular complexity index is 140. The van der Waals surface area contributed by atoms with Crippen LogP contribution in [-0.4, -0.2) is 0 Å². The number of allylic oxidation sites excluding steroid dienone is 4. The van der Waals surface area contributed by atoms with Gasteiger partial charge in [-0.15, -0.1) is 6.58 Å². The van der Waals surface area contributed by atoms with Crippen molar-refractivity contribution >= 4 is 0 Å². The molecule has 0 fully saturated rings. The molecule has 0 aromatic heterocycles. The monoisotopic (exact) mass is 106 g/mol. The molecule has 0 aliphatic heterocycles. The Labute approximate surface area is 50.2 Å². The Balaban J connectivity index is 2.63. The van der Waals surface area contributed by atoms with Crippen LogP contribution >= 0.6 is 0 Å². The lowest BCUT2D eigenvalue weighted by Crippen LogP contribution is -1.87. The van der Waals surface area contributed by atoms with Gasteiger partial charge in [-0.05, 0) is 12.0 Å². The highest BCUT2D eigenvalue weighted by molar-refractivity contribution is 5.28. The number of hydrogen-bond acceptors (Lipinski definition) is 0. The maximum absolute atomic E-state index is 3.85. The third-order valence-electron chi connectivity index (χ3n) is 1.48. The summed E-state index contributed by atoms with van der Waals surface area (Å²) in [4.78, 5) is 0. The third kappa shape index (κ3) is 0.738. The van der Waals surface area contributed by atoms with E-state index in [1.54, 1.807) is 0 Å². The fourth-order valence-electron chi connectivity index (χ4n) is 0.889. The van der Waals surface area contributed by atoms with Crippen LogP contribution in [0.15, 0.2) is 37.0 Å². The van der Waals surface area contributed by atoms with Crippen LogP contribution in [-0.2, 0) is 0 Å². The lowest BCUT2D eigenvalue weighted by atomic mass is 10.0. The predicted molar refractivity (Wildman–Crippen MR) is 36.6 cm³/mol. The minimum atomic E-state index is 0.523. The molecule has 0 spiro atoms. The van der Waals surface area contributed by atoms with Gasteiger partial charge in [-0.2, -0.15) is 0 Å². The van der Waals surface area contributed by atoms with E-state index in [1.165, 1.54) is 5.57 Å². The molecule has 0 amide bonds. The van der Waals surface area contributed by atoms with Crippen LogP contribution in [0.3, 0.4) is 0 Å². The van der Waals surface area contributed by atoms with Crippen LogP contribution in [0.25, 0.3) is 0 Å². The summed E-state index contributed by atoms with van der Waals surface area (Å²) in [5, 5.41) is 0. The molecule has 0 aromatic carbocycles. The largest absolute Gasteiger partial charge is 0.102 e. The first-order chi connectivity index (χ1) is 3.84. The summed E-state index contributed by atoms with van der Waals surface area (Å²) in [7, 11) is 0.